The van der Waals surface area contributed by atoms with Gasteiger partial charge in [-0.1, -0.05) is 36.4 Å². The summed E-state index contributed by atoms with van der Waals surface area (Å²) in [5, 5.41) is 5.68. The van der Waals surface area contributed by atoms with Crippen molar-refractivity contribution in [2.45, 2.75) is 25.7 Å². The van der Waals surface area contributed by atoms with E-state index in [9.17, 15) is 9.59 Å². The Morgan fingerprint density at radius 2 is 1.71 bits per heavy atom. The smallest absolute Gasteiger partial charge is 0.227 e. The number of nitrogens with one attached hydrogen (secondary N) is 2. The van der Waals surface area contributed by atoms with Gasteiger partial charge in [-0.25, -0.2) is 0 Å². The van der Waals surface area contributed by atoms with Crippen molar-refractivity contribution in [2.75, 3.05) is 13.1 Å². The molecule has 2 aromatic rings. The van der Waals surface area contributed by atoms with Gasteiger partial charge >= 0.3 is 0 Å². The molecule has 0 saturated carbocycles. The van der Waals surface area contributed by atoms with Crippen LogP contribution in [-0.2, 0) is 16.0 Å². The third-order valence-electron chi connectivity index (χ3n) is 3.68. The predicted octanol–water partition coefficient (Wildman–Crippen LogP) is 2.05. The van der Waals surface area contributed by atoms with Crippen LogP contribution in [0.25, 0.3) is 0 Å². The zero-order chi connectivity index (χ0) is 17.2. The maximum absolute atomic E-state index is 12.6. The maximum Gasteiger partial charge on any atom is 0.227 e. The van der Waals surface area contributed by atoms with E-state index >= 15 is 0 Å². The summed E-state index contributed by atoms with van der Waals surface area (Å²) < 4.78 is 0. The molecule has 2 N–H and O–H groups in total. The molecule has 0 aliphatic carbocycles. The molecule has 0 radical (unpaired) electrons. The van der Waals surface area contributed by atoms with Crippen LogP contribution in [0.3, 0.4) is 0 Å². The van der Waals surface area contributed by atoms with Crippen LogP contribution >= 0.6 is 0 Å². The Morgan fingerprint density at radius 1 is 1.00 bits per heavy atom. The van der Waals surface area contributed by atoms with Gasteiger partial charge in [-0.3, -0.25) is 14.6 Å². The Morgan fingerprint density at radius 3 is 2.38 bits per heavy atom. The van der Waals surface area contributed by atoms with Crippen LogP contribution in [-0.4, -0.2) is 29.9 Å². The van der Waals surface area contributed by atoms with Crippen LogP contribution in [0.5, 0.6) is 0 Å². The normalized spacial score (nSPS) is 11.5. The number of aromatic nitrogens is 1. The summed E-state index contributed by atoms with van der Waals surface area (Å²) >= 11 is 0. The minimum Gasteiger partial charge on any atom is -0.356 e. The molecule has 0 aliphatic heterocycles. The monoisotopic (exact) mass is 325 g/mol. The molecule has 5 heteroatoms. The van der Waals surface area contributed by atoms with E-state index in [4.69, 9.17) is 0 Å². The molecule has 5 nitrogen and oxygen atoms in total. The zero-order valence-electron chi connectivity index (χ0n) is 13.9. The molecule has 0 saturated heterocycles. The van der Waals surface area contributed by atoms with Crippen molar-refractivity contribution in [3.63, 3.8) is 0 Å². The number of carbonyl (C=O) groups excluding carboxylic acids is 2. The van der Waals surface area contributed by atoms with E-state index < -0.39 is 0 Å². The van der Waals surface area contributed by atoms with Gasteiger partial charge in [-0.15, -0.1) is 0 Å². The van der Waals surface area contributed by atoms with Crippen molar-refractivity contribution in [1.29, 1.82) is 0 Å². The Hall–Kier alpha value is -2.69. The molecule has 1 unspecified atom stereocenters. The second-order valence-corrected chi connectivity index (χ2v) is 5.62. The van der Waals surface area contributed by atoms with Gasteiger partial charge in [0.2, 0.25) is 11.8 Å². The van der Waals surface area contributed by atoms with E-state index in [1.54, 1.807) is 6.20 Å². The van der Waals surface area contributed by atoms with Gasteiger partial charge < -0.3 is 10.6 Å². The second kappa shape index (κ2) is 9.45. The number of hydrogen-bond donors (Lipinski definition) is 2. The Balaban J connectivity index is 1.97. The van der Waals surface area contributed by atoms with E-state index in [0.717, 1.165) is 11.3 Å². The average molecular weight is 325 g/mol. The van der Waals surface area contributed by atoms with E-state index in [2.05, 4.69) is 15.6 Å². The molecule has 1 heterocycles. The minimum absolute atomic E-state index is 0.0188. The molecule has 0 bridgehead atoms. The first kappa shape index (κ1) is 17.7. The molecule has 126 valence electrons. The highest BCUT2D eigenvalue weighted by Crippen LogP contribution is 2.20. The SMILES string of the molecule is CC(=O)NCCCNC(=O)C(Cc1ccccn1)c1ccccc1. The van der Waals surface area contributed by atoms with Crippen molar-refractivity contribution >= 4 is 11.8 Å². The van der Waals surface area contributed by atoms with Crippen LogP contribution in [0.15, 0.2) is 54.7 Å². The van der Waals surface area contributed by atoms with Gasteiger partial charge in [-0.05, 0) is 24.1 Å². The third kappa shape index (κ3) is 5.83. The number of benzene rings is 1. The van der Waals surface area contributed by atoms with Gasteiger partial charge in [0.05, 0.1) is 5.92 Å². The largest absolute Gasteiger partial charge is 0.356 e. The molecule has 24 heavy (non-hydrogen) atoms. The highest BCUT2D eigenvalue weighted by atomic mass is 16.2. The fourth-order valence-electron chi connectivity index (χ4n) is 2.46. The van der Waals surface area contributed by atoms with Gasteiger partial charge in [0.1, 0.15) is 0 Å². The number of rotatable bonds is 8. The van der Waals surface area contributed by atoms with Gasteiger partial charge in [0, 0.05) is 38.3 Å². The summed E-state index contributed by atoms with van der Waals surface area (Å²) in [6.45, 7) is 2.58. The number of amides is 2. The first-order chi connectivity index (χ1) is 11.7. The van der Waals surface area contributed by atoms with E-state index in [1.165, 1.54) is 6.92 Å². The van der Waals surface area contributed by atoms with E-state index in [-0.39, 0.29) is 17.7 Å². The number of hydrogen-bond acceptors (Lipinski definition) is 3. The highest BCUT2D eigenvalue weighted by molar-refractivity contribution is 5.83. The first-order valence-electron chi connectivity index (χ1n) is 8.14. The lowest BCUT2D eigenvalue weighted by Gasteiger charge is -2.17. The van der Waals surface area contributed by atoms with E-state index in [0.29, 0.717) is 25.9 Å². The fraction of sp³-hybridized carbons (Fsp3) is 0.316. The molecule has 0 spiro atoms. The summed E-state index contributed by atoms with van der Waals surface area (Å²) in [6.07, 6.45) is 3.00. The molecular weight excluding hydrogens is 302 g/mol. The van der Waals surface area contributed by atoms with Crippen molar-refractivity contribution in [2.24, 2.45) is 0 Å². The second-order valence-electron chi connectivity index (χ2n) is 5.62. The van der Waals surface area contributed by atoms with Crippen molar-refractivity contribution in [1.82, 2.24) is 15.6 Å². The van der Waals surface area contributed by atoms with Crippen molar-refractivity contribution in [3.05, 3.63) is 66.0 Å². The molecule has 1 atom stereocenters. The average Bonchev–Trinajstić information content (AvgIpc) is 2.60. The lowest BCUT2D eigenvalue weighted by molar-refractivity contribution is -0.122. The third-order valence-corrected chi connectivity index (χ3v) is 3.68. The Bertz CT molecular complexity index is 644. The standard InChI is InChI=1S/C19H23N3O2/c1-15(23)20-12-7-13-22-19(24)18(16-8-3-2-4-9-16)14-17-10-5-6-11-21-17/h2-6,8-11,18H,7,12-14H2,1H3,(H,20,23)(H,22,24). The molecule has 0 fully saturated rings. The summed E-state index contributed by atoms with van der Waals surface area (Å²) in [6, 6.07) is 15.5. The highest BCUT2D eigenvalue weighted by Gasteiger charge is 2.21. The minimum atomic E-state index is -0.276. The lowest BCUT2D eigenvalue weighted by atomic mass is 9.93. The van der Waals surface area contributed by atoms with Crippen LogP contribution in [0, 0.1) is 0 Å². The summed E-state index contributed by atoms with van der Waals surface area (Å²) in [4.78, 5) is 27.8. The molecule has 0 aliphatic rings. The number of nitrogens with zero attached hydrogens (tertiary/aromatic N) is 1. The molecule has 2 amide bonds. The zero-order valence-corrected chi connectivity index (χ0v) is 13.9. The summed E-state index contributed by atoms with van der Waals surface area (Å²) in [7, 11) is 0. The first-order valence-corrected chi connectivity index (χ1v) is 8.14. The molecule has 1 aromatic heterocycles. The topological polar surface area (TPSA) is 71.1 Å². The number of carbonyl (C=O) groups is 2. The van der Waals surface area contributed by atoms with Crippen LogP contribution in [0.1, 0.15) is 30.5 Å². The fourth-order valence-corrected chi connectivity index (χ4v) is 2.46. The summed E-state index contributed by atoms with van der Waals surface area (Å²) in [5.41, 5.74) is 1.86. The van der Waals surface area contributed by atoms with Crippen molar-refractivity contribution in [3.8, 4) is 0 Å². The van der Waals surface area contributed by atoms with Gasteiger partial charge in [-0.2, -0.15) is 0 Å². The van der Waals surface area contributed by atoms with Crippen LogP contribution < -0.4 is 10.6 Å². The van der Waals surface area contributed by atoms with Gasteiger partial charge in [0.25, 0.3) is 0 Å². The Kier molecular flexibility index (Phi) is 6.95. The quantitative estimate of drug-likeness (QED) is 0.730. The van der Waals surface area contributed by atoms with Crippen LogP contribution in [0.2, 0.25) is 0 Å². The van der Waals surface area contributed by atoms with Gasteiger partial charge in [0.15, 0.2) is 0 Å². The maximum atomic E-state index is 12.6. The van der Waals surface area contributed by atoms with Crippen molar-refractivity contribution < 1.29 is 9.59 Å². The molecule has 1 aromatic carbocycles. The van der Waals surface area contributed by atoms with Crippen LogP contribution in [0.4, 0.5) is 0 Å². The summed E-state index contributed by atoms with van der Waals surface area (Å²) in [5.74, 6) is -0.352. The number of pyridine rings is 1. The molecule has 2 rings (SSSR count). The molecular formula is C19H23N3O2. The Labute approximate surface area is 142 Å². The van der Waals surface area contributed by atoms with E-state index in [1.807, 2.05) is 48.5 Å². The lowest BCUT2D eigenvalue weighted by Crippen LogP contribution is -2.33. The predicted molar refractivity (Wildman–Crippen MR) is 93.4 cm³/mol.